The summed E-state index contributed by atoms with van der Waals surface area (Å²) < 4.78 is 35.4. The smallest absolute Gasteiger partial charge is 0.263 e. The van der Waals surface area contributed by atoms with Crippen molar-refractivity contribution < 1.29 is 13.2 Å². The largest absolute Gasteiger partial charge is 0.393 e. The van der Waals surface area contributed by atoms with Gasteiger partial charge in [-0.15, -0.1) is 0 Å². The van der Waals surface area contributed by atoms with Gasteiger partial charge in [0.05, 0.1) is 11.4 Å². The van der Waals surface area contributed by atoms with Gasteiger partial charge in [0.15, 0.2) is 0 Å². The van der Waals surface area contributed by atoms with Crippen molar-refractivity contribution in [3.63, 3.8) is 0 Å². The Hall–Kier alpha value is -0.770. The number of pyridine rings is 1. The van der Waals surface area contributed by atoms with Crippen LogP contribution >= 0.6 is 11.6 Å². The molecule has 1 aromatic heterocycles. The van der Waals surface area contributed by atoms with Crippen LogP contribution in [0.1, 0.15) is 5.56 Å². The van der Waals surface area contributed by atoms with Gasteiger partial charge in [-0.1, -0.05) is 11.6 Å². The summed E-state index contributed by atoms with van der Waals surface area (Å²) in [5.74, 6) is 0. The van der Waals surface area contributed by atoms with Crippen LogP contribution in [0.2, 0.25) is 5.02 Å². The summed E-state index contributed by atoms with van der Waals surface area (Å²) in [6.07, 6.45) is -2.74. The number of hydrogen-bond acceptors (Lipinski definition) is 1. The van der Waals surface area contributed by atoms with Crippen molar-refractivity contribution in [1.82, 2.24) is 4.98 Å². The highest BCUT2D eigenvalue weighted by atomic mass is 35.5. The minimum absolute atomic E-state index is 0.0787. The van der Waals surface area contributed by atoms with Crippen LogP contribution in [0, 0.1) is 0 Å². The molecule has 0 aliphatic heterocycles. The van der Waals surface area contributed by atoms with E-state index < -0.39 is 12.6 Å². The van der Waals surface area contributed by atoms with E-state index in [-0.39, 0.29) is 10.6 Å². The quantitative estimate of drug-likeness (QED) is 0.672. The SMILES string of the molecule is FC(F)(F)Cc1cncc(Cl)c1. The summed E-state index contributed by atoms with van der Waals surface area (Å²) in [4.78, 5) is 3.54. The molecule has 0 unspecified atom stereocenters. The molecule has 0 aliphatic rings. The van der Waals surface area contributed by atoms with Gasteiger partial charge in [0.2, 0.25) is 0 Å². The molecule has 0 saturated heterocycles. The molecule has 0 amide bonds. The third-order valence-electron chi connectivity index (χ3n) is 1.17. The Labute approximate surface area is 72.2 Å². The number of nitrogens with zero attached hydrogens (tertiary/aromatic N) is 1. The number of halogens is 4. The predicted octanol–water partition coefficient (Wildman–Crippen LogP) is 2.84. The average Bonchev–Trinajstić information content (AvgIpc) is 1.82. The first-order valence-corrected chi connectivity index (χ1v) is 3.51. The van der Waals surface area contributed by atoms with Crippen molar-refractivity contribution in [3.8, 4) is 0 Å². The van der Waals surface area contributed by atoms with Gasteiger partial charge in [0.25, 0.3) is 0 Å². The van der Waals surface area contributed by atoms with Gasteiger partial charge in [0, 0.05) is 12.4 Å². The summed E-state index contributed by atoms with van der Waals surface area (Å²) >= 11 is 5.44. The van der Waals surface area contributed by atoms with E-state index in [1.54, 1.807) is 0 Å². The van der Waals surface area contributed by atoms with Crippen LogP contribution in [-0.2, 0) is 6.42 Å². The molecule has 0 saturated carbocycles. The van der Waals surface area contributed by atoms with E-state index in [1.807, 2.05) is 0 Å². The molecule has 66 valence electrons. The zero-order valence-electron chi connectivity index (χ0n) is 5.90. The fourth-order valence-corrected chi connectivity index (χ4v) is 0.980. The fourth-order valence-electron chi connectivity index (χ4n) is 0.784. The Morgan fingerprint density at radius 2 is 2.00 bits per heavy atom. The molecule has 1 heterocycles. The number of aromatic nitrogens is 1. The maximum absolute atomic E-state index is 11.8. The van der Waals surface area contributed by atoms with Gasteiger partial charge in [-0.25, -0.2) is 0 Å². The van der Waals surface area contributed by atoms with Gasteiger partial charge in [0.1, 0.15) is 0 Å². The number of hydrogen-bond donors (Lipinski definition) is 0. The molecule has 1 aromatic rings. The Morgan fingerprint density at radius 3 is 2.50 bits per heavy atom. The topological polar surface area (TPSA) is 12.9 Å². The molecule has 0 N–H and O–H groups in total. The first-order valence-electron chi connectivity index (χ1n) is 3.13. The fraction of sp³-hybridized carbons (Fsp3) is 0.286. The molecule has 5 heteroatoms. The molecule has 0 bridgehead atoms. The molecule has 0 aliphatic carbocycles. The Bertz CT molecular complexity index is 272. The summed E-state index contributed by atoms with van der Waals surface area (Å²) in [6, 6.07) is 1.25. The van der Waals surface area contributed by atoms with Gasteiger partial charge in [-0.3, -0.25) is 4.98 Å². The average molecular weight is 196 g/mol. The van der Waals surface area contributed by atoms with Gasteiger partial charge < -0.3 is 0 Å². The molecule has 1 rings (SSSR count). The Balaban J connectivity index is 2.77. The summed E-state index contributed by atoms with van der Waals surface area (Å²) in [5, 5.41) is 0.219. The lowest BCUT2D eigenvalue weighted by molar-refractivity contribution is -0.127. The molecular formula is C7H5ClF3N. The van der Waals surface area contributed by atoms with Crippen LogP contribution in [0.25, 0.3) is 0 Å². The van der Waals surface area contributed by atoms with Crippen molar-refractivity contribution in [1.29, 1.82) is 0 Å². The molecule has 0 aromatic carbocycles. The second kappa shape index (κ2) is 3.31. The normalized spacial score (nSPS) is 11.7. The van der Waals surface area contributed by atoms with Crippen LogP contribution in [0.15, 0.2) is 18.5 Å². The van der Waals surface area contributed by atoms with Crippen molar-refractivity contribution in [2.45, 2.75) is 12.6 Å². The standard InChI is InChI=1S/C7H5ClF3N/c8-6-1-5(3-12-4-6)2-7(9,10)11/h1,3-4H,2H2. The van der Waals surface area contributed by atoms with Crippen molar-refractivity contribution in [2.75, 3.05) is 0 Å². The van der Waals surface area contributed by atoms with Crippen LogP contribution < -0.4 is 0 Å². The maximum atomic E-state index is 11.8. The van der Waals surface area contributed by atoms with Gasteiger partial charge in [-0.2, -0.15) is 13.2 Å². The molecular weight excluding hydrogens is 191 g/mol. The van der Waals surface area contributed by atoms with Gasteiger partial charge >= 0.3 is 6.18 Å². The van der Waals surface area contributed by atoms with Crippen LogP contribution in [0.3, 0.4) is 0 Å². The molecule has 0 fully saturated rings. The molecule has 0 atom stereocenters. The van der Waals surface area contributed by atoms with Crippen LogP contribution in [-0.4, -0.2) is 11.2 Å². The third-order valence-corrected chi connectivity index (χ3v) is 1.37. The van der Waals surface area contributed by atoms with Crippen molar-refractivity contribution in [2.24, 2.45) is 0 Å². The lowest BCUT2D eigenvalue weighted by atomic mass is 10.2. The van der Waals surface area contributed by atoms with Crippen molar-refractivity contribution in [3.05, 3.63) is 29.0 Å². The second-order valence-corrected chi connectivity index (χ2v) is 2.74. The minimum atomic E-state index is -4.20. The van der Waals surface area contributed by atoms with Gasteiger partial charge in [-0.05, 0) is 11.6 Å². The second-order valence-electron chi connectivity index (χ2n) is 2.30. The molecule has 0 spiro atoms. The van der Waals surface area contributed by atoms with E-state index in [9.17, 15) is 13.2 Å². The van der Waals surface area contributed by atoms with E-state index in [0.717, 1.165) is 6.20 Å². The van der Waals surface area contributed by atoms with E-state index in [0.29, 0.717) is 0 Å². The maximum Gasteiger partial charge on any atom is 0.393 e. The third kappa shape index (κ3) is 3.09. The number of rotatable bonds is 1. The first-order chi connectivity index (χ1) is 5.47. The zero-order valence-corrected chi connectivity index (χ0v) is 6.65. The zero-order chi connectivity index (χ0) is 9.19. The molecule has 0 radical (unpaired) electrons. The summed E-state index contributed by atoms with van der Waals surface area (Å²) in [7, 11) is 0. The summed E-state index contributed by atoms with van der Waals surface area (Å²) in [6.45, 7) is 0. The van der Waals surface area contributed by atoms with Crippen molar-refractivity contribution >= 4 is 11.6 Å². The highest BCUT2D eigenvalue weighted by molar-refractivity contribution is 6.30. The first kappa shape index (κ1) is 9.32. The molecule has 12 heavy (non-hydrogen) atoms. The highest BCUT2D eigenvalue weighted by Crippen LogP contribution is 2.21. The van der Waals surface area contributed by atoms with E-state index >= 15 is 0 Å². The van der Waals surface area contributed by atoms with E-state index in [2.05, 4.69) is 4.98 Å². The Morgan fingerprint density at radius 1 is 1.33 bits per heavy atom. The number of alkyl halides is 3. The van der Waals surface area contributed by atoms with E-state index in [1.165, 1.54) is 12.3 Å². The van der Waals surface area contributed by atoms with Crippen LogP contribution in [0.5, 0.6) is 0 Å². The predicted molar refractivity (Wildman–Crippen MR) is 39.0 cm³/mol. The van der Waals surface area contributed by atoms with Crippen LogP contribution in [0.4, 0.5) is 13.2 Å². The minimum Gasteiger partial charge on any atom is -0.263 e. The lowest BCUT2D eigenvalue weighted by Crippen LogP contribution is -2.11. The molecule has 1 nitrogen and oxygen atoms in total. The Kier molecular flexibility index (Phi) is 2.57. The lowest BCUT2D eigenvalue weighted by Gasteiger charge is -2.05. The summed E-state index contributed by atoms with van der Waals surface area (Å²) in [5.41, 5.74) is 0.0787. The monoisotopic (exact) mass is 195 g/mol. The highest BCUT2D eigenvalue weighted by Gasteiger charge is 2.27. The van der Waals surface area contributed by atoms with E-state index in [4.69, 9.17) is 11.6 Å².